The molecule has 0 radical (unpaired) electrons. The van der Waals surface area contributed by atoms with Crippen molar-refractivity contribution in [3.05, 3.63) is 41.5 Å². The molecule has 2 rings (SSSR count). The van der Waals surface area contributed by atoms with Crippen molar-refractivity contribution in [1.29, 1.82) is 0 Å². The van der Waals surface area contributed by atoms with E-state index in [1.165, 1.54) is 18.2 Å². The number of amides is 1. The number of rotatable bonds is 5. The first-order valence-corrected chi connectivity index (χ1v) is 8.67. The predicted octanol–water partition coefficient (Wildman–Crippen LogP) is 1.74. The van der Waals surface area contributed by atoms with Crippen LogP contribution in [0.3, 0.4) is 0 Å². The monoisotopic (exact) mass is 341 g/mol. The number of aromatic nitrogens is 2. The summed E-state index contributed by atoms with van der Waals surface area (Å²) in [5, 5.41) is 9.28. The molecule has 0 fully saturated rings. The third-order valence-corrected chi connectivity index (χ3v) is 3.84. The summed E-state index contributed by atoms with van der Waals surface area (Å²) in [6, 6.07) is 4.51. The second-order valence-electron chi connectivity index (χ2n) is 5.38. The minimum absolute atomic E-state index is 0.0230. The van der Waals surface area contributed by atoms with Gasteiger partial charge in [-0.3, -0.25) is 4.79 Å². The highest BCUT2D eigenvalue weighted by Crippen LogP contribution is 2.22. The normalized spacial score (nSPS) is 13.1. The second kappa shape index (κ2) is 6.45. The van der Waals surface area contributed by atoms with Crippen molar-refractivity contribution in [2.45, 2.75) is 25.1 Å². The zero-order valence-electron chi connectivity index (χ0n) is 12.8. The van der Waals surface area contributed by atoms with E-state index in [0.717, 1.165) is 12.3 Å². The third-order valence-electron chi connectivity index (χ3n) is 3.05. The predicted molar refractivity (Wildman–Crippen MR) is 78.9 cm³/mol. The first-order valence-electron chi connectivity index (χ1n) is 6.78. The van der Waals surface area contributed by atoms with E-state index in [0.29, 0.717) is 0 Å². The van der Waals surface area contributed by atoms with Crippen LogP contribution in [-0.4, -0.2) is 30.8 Å². The van der Waals surface area contributed by atoms with Crippen LogP contribution in [0.4, 0.5) is 4.39 Å². The van der Waals surface area contributed by atoms with Crippen LogP contribution in [0.2, 0.25) is 0 Å². The third kappa shape index (κ3) is 4.13. The van der Waals surface area contributed by atoms with E-state index in [2.05, 4.69) is 15.5 Å². The van der Waals surface area contributed by atoms with Crippen molar-refractivity contribution in [3.8, 4) is 0 Å². The van der Waals surface area contributed by atoms with Gasteiger partial charge in [0.2, 0.25) is 15.7 Å². The Morgan fingerprint density at radius 3 is 2.52 bits per heavy atom. The molecule has 0 unspecified atom stereocenters. The molecule has 0 saturated carbocycles. The Labute approximate surface area is 132 Å². The molecule has 0 aliphatic carbocycles. The number of benzene rings is 1. The van der Waals surface area contributed by atoms with Gasteiger partial charge < -0.3 is 9.73 Å². The highest BCUT2D eigenvalue weighted by Gasteiger charge is 2.27. The van der Waals surface area contributed by atoms with Crippen molar-refractivity contribution >= 4 is 15.7 Å². The van der Waals surface area contributed by atoms with E-state index in [4.69, 9.17) is 4.42 Å². The lowest BCUT2D eigenvalue weighted by Crippen LogP contribution is -2.32. The molecule has 23 heavy (non-hydrogen) atoms. The molecule has 1 atom stereocenters. The number of sulfone groups is 1. The van der Waals surface area contributed by atoms with Gasteiger partial charge in [0.25, 0.3) is 5.91 Å². The Hall–Kier alpha value is -2.29. The van der Waals surface area contributed by atoms with Gasteiger partial charge in [-0.05, 0) is 24.1 Å². The standard InChI is InChI=1S/C14H16FN3O4S/c1-8(2)11(13-17-18-14(22-13)23(3,20)21)16-12(19)9-5-4-6-10(15)7-9/h4-8,11H,1-3H3,(H,16,19)/t11-/m0/s1. The maximum absolute atomic E-state index is 13.2. The lowest BCUT2D eigenvalue weighted by atomic mass is 10.0. The molecule has 1 N–H and O–H groups in total. The molecule has 9 heteroatoms. The van der Waals surface area contributed by atoms with Crippen LogP contribution in [0, 0.1) is 11.7 Å². The van der Waals surface area contributed by atoms with E-state index < -0.39 is 32.8 Å². The fourth-order valence-electron chi connectivity index (χ4n) is 1.86. The molecule has 0 bridgehead atoms. The van der Waals surface area contributed by atoms with Crippen LogP contribution in [0.5, 0.6) is 0 Å². The van der Waals surface area contributed by atoms with Crippen LogP contribution in [0.1, 0.15) is 36.1 Å². The zero-order chi connectivity index (χ0) is 17.2. The van der Waals surface area contributed by atoms with E-state index >= 15 is 0 Å². The number of carbonyl (C=O) groups is 1. The van der Waals surface area contributed by atoms with Crippen molar-refractivity contribution in [2.24, 2.45) is 5.92 Å². The second-order valence-corrected chi connectivity index (χ2v) is 7.28. The summed E-state index contributed by atoms with van der Waals surface area (Å²) in [6.45, 7) is 3.59. The number of hydrogen-bond donors (Lipinski definition) is 1. The molecule has 0 aliphatic rings. The fourth-order valence-corrected chi connectivity index (χ4v) is 2.29. The van der Waals surface area contributed by atoms with Gasteiger partial charge in [-0.2, -0.15) is 0 Å². The minimum Gasteiger partial charge on any atom is -0.410 e. The van der Waals surface area contributed by atoms with Gasteiger partial charge in [0.05, 0.1) is 0 Å². The van der Waals surface area contributed by atoms with Gasteiger partial charge in [-0.15, -0.1) is 5.10 Å². The SMILES string of the molecule is CC(C)[C@H](NC(=O)c1cccc(F)c1)c1nnc(S(C)(=O)=O)o1. The highest BCUT2D eigenvalue weighted by atomic mass is 32.2. The highest BCUT2D eigenvalue weighted by molar-refractivity contribution is 7.90. The molecular formula is C14H16FN3O4S. The smallest absolute Gasteiger partial charge is 0.335 e. The Morgan fingerprint density at radius 2 is 2.00 bits per heavy atom. The van der Waals surface area contributed by atoms with Crippen LogP contribution >= 0.6 is 0 Å². The summed E-state index contributed by atoms with van der Waals surface area (Å²) in [6.07, 6.45) is 0.944. The number of nitrogens with zero attached hydrogens (tertiary/aromatic N) is 2. The molecule has 0 spiro atoms. The van der Waals surface area contributed by atoms with E-state index in [1.54, 1.807) is 13.8 Å². The van der Waals surface area contributed by atoms with Gasteiger partial charge in [-0.25, -0.2) is 12.8 Å². The van der Waals surface area contributed by atoms with Crippen LogP contribution in [0.15, 0.2) is 33.9 Å². The van der Waals surface area contributed by atoms with Crippen LogP contribution < -0.4 is 5.32 Å². The lowest BCUT2D eigenvalue weighted by Gasteiger charge is -2.18. The molecule has 2 aromatic rings. The van der Waals surface area contributed by atoms with E-state index in [1.807, 2.05) is 0 Å². The summed E-state index contributed by atoms with van der Waals surface area (Å²) >= 11 is 0. The number of carbonyl (C=O) groups excluding carboxylic acids is 1. The van der Waals surface area contributed by atoms with Gasteiger partial charge in [0.1, 0.15) is 11.9 Å². The first-order chi connectivity index (χ1) is 10.7. The van der Waals surface area contributed by atoms with E-state index in [9.17, 15) is 17.6 Å². The molecule has 1 aromatic heterocycles. The molecule has 1 heterocycles. The molecule has 0 aliphatic heterocycles. The maximum Gasteiger partial charge on any atom is 0.335 e. The first kappa shape index (κ1) is 17.1. The van der Waals surface area contributed by atoms with Gasteiger partial charge in [0, 0.05) is 11.8 Å². The summed E-state index contributed by atoms with van der Waals surface area (Å²) in [4.78, 5) is 12.2. The fraction of sp³-hybridized carbons (Fsp3) is 0.357. The number of hydrogen-bond acceptors (Lipinski definition) is 6. The Kier molecular flexibility index (Phi) is 4.79. The largest absolute Gasteiger partial charge is 0.410 e. The summed E-state index contributed by atoms with van der Waals surface area (Å²) in [7, 11) is -3.63. The summed E-state index contributed by atoms with van der Waals surface area (Å²) < 4.78 is 41.1. The van der Waals surface area contributed by atoms with Crippen molar-refractivity contribution < 1.29 is 22.0 Å². The van der Waals surface area contributed by atoms with Gasteiger partial charge in [0.15, 0.2) is 0 Å². The molecular weight excluding hydrogens is 325 g/mol. The summed E-state index contributed by atoms with van der Waals surface area (Å²) in [5.74, 6) is -1.23. The summed E-state index contributed by atoms with van der Waals surface area (Å²) in [5.41, 5.74) is 0.138. The quantitative estimate of drug-likeness (QED) is 0.889. The topological polar surface area (TPSA) is 102 Å². The molecule has 0 saturated heterocycles. The minimum atomic E-state index is -3.63. The Balaban J connectivity index is 2.26. The number of nitrogens with one attached hydrogen (secondary N) is 1. The average molecular weight is 341 g/mol. The number of halogens is 1. The van der Waals surface area contributed by atoms with Crippen LogP contribution in [-0.2, 0) is 9.84 Å². The van der Waals surface area contributed by atoms with Gasteiger partial charge in [-0.1, -0.05) is 25.0 Å². The average Bonchev–Trinajstić information content (AvgIpc) is 2.93. The lowest BCUT2D eigenvalue weighted by molar-refractivity contribution is 0.0914. The van der Waals surface area contributed by atoms with Crippen molar-refractivity contribution in [2.75, 3.05) is 6.26 Å². The Bertz CT molecular complexity index is 817. The molecule has 1 amide bonds. The van der Waals surface area contributed by atoms with Crippen LogP contribution in [0.25, 0.3) is 0 Å². The zero-order valence-corrected chi connectivity index (χ0v) is 13.6. The maximum atomic E-state index is 13.2. The van der Waals surface area contributed by atoms with Crippen molar-refractivity contribution in [3.63, 3.8) is 0 Å². The molecule has 1 aromatic carbocycles. The van der Waals surface area contributed by atoms with E-state index in [-0.39, 0.29) is 17.4 Å². The molecule has 7 nitrogen and oxygen atoms in total. The Morgan fingerprint density at radius 1 is 1.30 bits per heavy atom. The van der Waals surface area contributed by atoms with Crippen molar-refractivity contribution in [1.82, 2.24) is 15.5 Å². The molecule has 124 valence electrons. The van der Waals surface area contributed by atoms with Gasteiger partial charge >= 0.3 is 5.22 Å².